The van der Waals surface area contributed by atoms with Gasteiger partial charge in [-0.15, -0.1) is 0 Å². The van der Waals surface area contributed by atoms with E-state index in [2.05, 4.69) is 9.97 Å². The van der Waals surface area contributed by atoms with Crippen molar-refractivity contribution >= 4 is 10.9 Å². The Morgan fingerprint density at radius 3 is 3.00 bits per heavy atom. The minimum atomic E-state index is -0.164. The van der Waals surface area contributed by atoms with Gasteiger partial charge in [0.15, 0.2) is 0 Å². The van der Waals surface area contributed by atoms with Crippen LogP contribution in [0.4, 0.5) is 0 Å². The first kappa shape index (κ1) is 8.90. The summed E-state index contributed by atoms with van der Waals surface area (Å²) in [5, 5.41) is 9.43. The molecule has 0 aliphatic rings. The van der Waals surface area contributed by atoms with Crippen LogP contribution in [0.3, 0.4) is 0 Å². The molecule has 1 aromatic carbocycles. The van der Waals surface area contributed by atoms with Crippen molar-refractivity contribution in [2.45, 2.75) is 13.5 Å². The number of hydrogen-bond acceptors (Lipinski definition) is 3. The molecule has 0 aliphatic heterocycles. The lowest BCUT2D eigenvalue weighted by atomic mass is 10.1. The summed E-state index contributed by atoms with van der Waals surface area (Å²) in [5.74, 6) is 0.597. The summed E-state index contributed by atoms with van der Waals surface area (Å²) >= 11 is 0. The predicted molar refractivity (Wildman–Crippen MR) is 53.0 cm³/mol. The van der Waals surface area contributed by atoms with E-state index in [0.29, 0.717) is 22.3 Å². The van der Waals surface area contributed by atoms with Crippen molar-refractivity contribution in [3.8, 4) is 0 Å². The Kier molecular flexibility index (Phi) is 2.05. The van der Waals surface area contributed by atoms with E-state index in [-0.39, 0.29) is 12.2 Å². The molecule has 0 spiro atoms. The lowest BCUT2D eigenvalue weighted by molar-refractivity contribution is 0.282. The Bertz CT molecular complexity index is 531. The van der Waals surface area contributed by atoms with Crippen LogP contribution in [-0.4, -0.2) is 15.1 Å². The summed E-state index contributed by atoms with van der Waals surface area (Å²) in [7, 11) is 0. The van der Waals surface area contributed by atoms with Crippen molar-refractivity contribution in [2.24, 2.45) is 0 Å². The van der Waals surface area contributed by atoms with Gasteiger partial charge in [0.25, 0.3) is 5.56 Å². The zero-order chi connectivity index (χ0) is 10.1. The largest absolute Gasteiger partial charge is 0.392 e. The van der Waals surface area contributed by atoms with Crippen LogP contribution < -0.4 is 5.56 Å². The van der Waals surface area contributed by atoms with Gasteiger partial charge in [0.1, 0.15) is 5.82 Å². The third kappa shape index (κ3) is 1.40. The summed E-state index contributed by atoms with van der Waals surface area (Å²) < 4.78 is 0. The summed E-state index contributed by atoms with van der Waals surface area (Å²) in [4.78, 5) is 18.3. The number of aromatic nitrogens is 2. The van der Waals surface area contributed by atoms with E-state index in [4.69, 9.17) is 5.11 Å². The first-order chi connectivity index (χ1) is 6.70. The van der Waals surface area contributed by atoms with Crippen molar-refractivity contribution in [1.82, 2.24) is 9.97 Å². The van der Waals surface area contributed by atoms with Crippen molar-refractivity contribution in [3.63, 3.8) is 0 Å². The van der Waals surface area contributed by atoms with Gasteiger partial charge < -0.3 is 10.1 Å². The lowest BCUT2D eigenvalue weighted by Crippen LogP contribution is -2.09. The molecule has 2 aromatic rings. The fraction of sp³-hybridized carbons (Fsp3) is 0.200. The zero-order valence-electron chi connectivity index (χ0n) is 7.74. The molecule has 1 aromatic heterocycles. The number of benzene rings is 1. The maximum Gasteiger partial charge on any atom is 0.258 e. The molecule has 0 bridgehead atoms. The molecule has 0 radical (unpaired) electrons. The third-order valence-corrected chi connectivity index (χ3v) is 2.07. The Balaban J connectivity index is 2.82. The topological polar surface area (TPSA) is 66.0 Å². The molecule has 0 fully saturated rings. The van der Waals surface area contributed by atoms with Gasteiger partial charge >= 0.3 is 0 Å². The summed E-state index contributed by atoms with van der Waals surface area (Å²) in [6, 6.07) is 5.15. The number of aromatic amines is 1. The minimum Gasteiger partial charge on any atom is -0.392 e. The molecule has 4 nitrogen and oxygen atoms in total. The van der Waals surface area contributed by atoms with Crippen LogP contribution in [-0.2, 0) is 6.61 Å². The summed E-state index contributed by atoms with van der Waals surface area (Å²) in [5.41, 5.74) is 1.21. The van der Waals surface area contributed by atoms with Crippen molar-refractivity contribution in [1.29, 1.82) is 0 Å². The number of fused-ring (bicyclic) bond motifs is 1. The van der Waals surface area contributed by atoms with Gasteiger partial charge in [-0.1, -0.05) is 6.07 Å². The molecule has 0 aliphatic carbocycles. The highest BCUT2D eigenvalue weighted by molar-refractivity contribution is 5.78. The fourth-order valence-electron chi connectivity index (χ4n) is 1.40. The Morgan fingerprint density at radius 1 is 1.50 bits per heavy atom. The SMILES string of the molecule is Cc1nc2ccc(CO)cc2c(=O)[nH]1. The zero-order valence-corrected chi connectivity index (χ0v) is 7.74. The molecule has 4 heteroatoms. The van der Waals surface area contributed by atoms with E-state index < -0.39 is 0 Å². The minimum absolute atomic E-state index is 0.0662. The van der Waals surface area contributed by atoms with Crippen LogP contribution >= 0.6 is 0 Å². The quantitative estimate of drug-likeness (QED) is 0.696. The number of hydrogen-bond donors (Lipinski definition) is 2. The average Bonchev–Trinajstić information content (AvgIpc) is 2.17. The smallest absolute Gasteiger partial charge is 0.258 e. The van der Waals surface area contributed by atoms with Crippen LogP contribution in [0, 0.1) is 6.92 Å². The van der Waals surface area contributed by atoms with Gasteiger partial charge in [0.2, 0.25) is 0 Å². The number of aliphatic hydroxyl groups is 1. The van der Waals surface area contributed by atoms with Gasteiger partial charge in [-0.3, -0.25) is 4.79 Å². The molecular weight excluding hydrogens is 180 g/mol. The molecule has 0 unspecified atom stereocenters. The van der Waals surface area contributed by atoms with Gasteiger partial charge in [0, 0.05) is 0 Å². The van der Waals surface area contributed by atoms with Crippen molar-refractivity contribution < 1.29 is 5.11 Å². The highest BCUT2D eigenvalue weighted by Gasteiger charge is 2.01. The highest BCUT2D eigenvalue weighted by Crippen LogP contribution is 2.09. The van der Waals surface area contributed by atoms with Crippen LogP contribution in [0.25, 0.3) is 10.9 Å². The second kappa shape index (κ2) is 3.23. The lowest BCUT2D eigenvalue weighted by Gasteiger charge is -2.00. The number of nitrogens with zero attached hydrogens (tertiary/aromatic N) is 1. The monoisotopic (exact) mass is 190 g/mol. The van der Waals surface area contributed by atoms with Gasteiger partial charge in [-0.2, -0.15) is 0 Å². The summed E-state index contributed by atoms with van der Waals surface area (Å²) in [6.07, 6.45) is 0. The molecule has 1 heterocycles. The molecule has 2 N–H and O–H groups in total. The first-order valence-electron chi connectivity index (χ1n) is 4.31. The van der Waals surface area contributed by atoms with E-state index in [1.54, 1.807) is 25.1 Å². The fourth-order valence-corrected chi connectivity index (χ4v) is 1.40. The molecule has 14 heavy (non-hydrogen) atoms. The molecule has 0 saturated carbocycles. The van der Waals surface area contributed by atoms with E-state index >= 15 is 0 Å². The Morgan fingerprint density at radius 2 is 2.29 bits per heavy atom. The molecule has 0 saturated heterocycles. The third-order valence-electron chi connectivity index (χ3n) is 2.07. The molecule has 0 amide bonds. The van der Waals surface area contributed by atoms with E-state index in [0.717, 1.165) is 0 Å². The standard InChI is InChI=1S/C10H10N2O2/c1-6-11-9-3-2-7(5-13)4-8(9)10(14)12-6/h2-4,13H,5H2,1H3,(H,11,12,14). The van der Waals surface area contributed by atoms with Crippen molar-refractivity contribution in [3.05, 3.63) is 39.9 Å². The molecule has 2 rings (SSSR count). The number of aliphatic hydroxyl groups excluding tert-OH is 1. The first-order valence-corrected chi connectivity index (χ1v) is 4.31. The van der Waals surface area contributed by atoms with Gasteiger partial charge in [0.05, 0.1) is 17.5 Å². The number of rotatable bonds is 1. The Hall–Kier alpha value is -1.68. The maximum absolute atomic E-state index is 11.5. The molecule has 72 valence electrons. The van der Waals surface area contributed by atoms with E-state index in [1.165, 1.54) is 0 Å². The van der Waals surface area contributed by atoms with Crippen LogP contribution in [0.2, 0.25) is 0 Å². The number of H-pyrrole nitrogens is 1. The van der Waals surface area contributed by atoms with E-state index in [1.807, 2.05) is 0 Å². The average molecular weight is 190 g/mol. The van der Waals surface area contributed by atoms with Crippen LogP contribution in [0.5, 0.6) is 0 Å². The molecule has 0 atom stereocenters. The van der Waals surface area contributed by atoms with Gasteiger partial charge in [-0.05, 0) is 24.6 Å². The number of nitrogens with one attached hydrogen (secondary N) is 1. The second-order valence-electron chi connectivity index (χ2n) is 3.16. The Labute approximate surface area is 80.2 Å². The van der Waals surface area contributed by atoms with Gasteiger partial charge in [-0.25, -0.2) is 4.98 Å². The summed E-state index contributed by atoms with van der Waals surface area (Å²) in [6.45, 7) is 1.67. The van der Waals surface area contributed by atoms with Crippen LogP contribution in [0.1, 0.15) is 11.4 Å². The highest BCUT2D eigenvalue weighted by atomic mass is 16.3. The van der Waals surface area contributed by atoms with Crippen molar-refractivity contribution in [2.75, 3.05) is 0 Å². The number of aryl methyl sites for hydroxylation is 1. The normalized spacial score (nSPS) is 10.7. The molecular formula is C10H10N2O2. The second-order valence-corrected chi connectivity index (χ2v) is 3.16. The predicted octanol–water partition coefficient (Wildman–Crippen LogP) is 0.724. The van der Waals surface area contributed by atoms with Crippen LogP contribution in [0.15, 0.2) is 23.0 Å². The van der Waals surface area contributed by atoms with E-state index in [9.17, 15) is 4.79 Å². The maximum atomic E-state index is 11.5.